The van der Waals surface area contributed by atoms with Gasteiger partial charge in [0.15, 0.2) is 5.96 Å². The lowest BCUT2D eigenvalue weighted by Gasteiger charge is -2.25. The van der Waals surface area contributed by atoms with Gasteiger partial charge in [0.1, 0.15) is 12.1 Å². The van der Waals surface area contributed by atoms with Crippen molar-refractivity contribution >= 4 is 11.9 Å². The Morgan fingerprint density at radius 1 is 1.43 bits per heavy atom. The first-order chi connectivity index (χ1) is 9.84. The average Bonchev–Trinajstić information content (AvgIpc) is 2.99. The molecule has 0 bridgehead atoms. The summed E-state index contributed by atoms with van der Waals surface area (Å²) in [5.41, 5.74) is -0.176. The van der Waals surface area contributed by atoms with Gasteiger partial charge >= 0.3 is 5.97 Å². The summed E-state index contributed by atoms with van der Waals surface area (Å²) in [7, 11) is 1.74. The number of carbonyl (C=O) groups excluding carboxylic acids is 1. The Morgan fingerprint density at radius 3 is 2.76 bits per heavy atom. The molecule has 1 spiro atoms. The minimum atomic E-state index is -0.457. The van der Waals surface area contributed by atoms with E-state index in [9.17, 15) is 4.79 Å². The van der Waals surface area contributed by atoms with Gasteiger partial charge in [0, 0.05) is 32.2 Å². The molecule has 0 amide bonds. The van der Waals surface area contributed by atoms with Gasteiger partial charge in [-0.3, -0.25) is 9.79 Å². The predicted octanol–water partition coefficient (Wildman–Crippen LogP) is 1.02. The highest BCUT2D eigenvalue weighted by atomic mass is 16.6. The topological polar surface area (TPSA) is 63.2 Å². The van der Waals surface area contributed by atoms with Crippen molar-refractivity contribution < 1.29 is 14.3 Å². The van der Waals surface area contributed by atoms with Crippen molar-refractivity contribution in [1.82, 2.24) is 10.2 Å². The van der Waals surface area contributed by atoms with Crippen molar-refractivity contribution in [3.63, 3.8) is 0 Å². The molecule has 2 fully saturated rings. The maximum Gasteiger partial charge on any atom is 0.325 e. The van der Waals surface area contributed by atoms with Crippen molar-refractivity contribution in [2.24, 2.45) is 10.4 Å². The number of esters is 1. The molecule has 0 radical (unpaired) electrons. The van der Waals surface area contributed by atoms with Crippen LogP contribution in [0.1, 0.15) is 33.6 Å². The lowest BCUT2D eigenvalue weighted by molar-refractivity contribution is -0.153. The zero-order chi connectivity index (χ0) is 15.5. The van der Waals surface area contributed by atoms with E-state index in [2.05, 4.69) is 15.2 Å². The number of nitrogens with zero attached hydrogens (tertiary/aromatic N) is 2. The van der Waals surface area contributed by atoms with Gasteiger partial charge in [0.05, 0.1) is 6.61 Å². The summed E-state index contributed by atoms with van der Waals surface area (Å²) in [4.78, 5) is 18.2. The number of ether oxygens (including phenoxy) is 2. The van der Waals surface area contributed by atoms with Crippen LogP contribution >= 0.6 is 0 Å². The fraction of sp³-hybridized carbons (Fsp3) is 0.867. The van der Waals surface area contributed by atoms with Gasteiger partial charge in [-0.25, -0.2) is 0 Å². The molecular weight excluding hydrogens is 270 g/mol. The first-order valence-corrected chi connectivity index (χ1v) is 7.59. The molecule has 2 rings (SSSR count). The maximum atomic E-state index is 11.8. The summed E-state index contributed by atoms with van der Waals surface area (Å²) in [6, 6.07) is 0. The first-order valence-electron chi connectivity index (χ1n) is 7.59. The summed E-state index contributed by atoms with van der Waals surface area (Å²) in [6.45, 7) is 9.34. The van der Waals surface area contributed by atoms with Crippen LogP contribution in [0.2, 0.25) is 0 Å². The Morgan fingerprint density at radius 2 is 2.19 bits per heavy atom. The molecule has 2 saturated heterocycles. The fourth-order valence-corrected chi connectivity index (χ4v) is 2.95. The maximum absolute atomic E-state index is 11.8. The van der Waals surface area contributed by atoms with Crippen molar-refractivity contribution in [3.05, 3.63) is 0 Å². The number of aliphatic imine (C=N–C) groups is 1. The number of likely N-dealkylation sites (tertiary alicyclic amines) is 1. The zero-order valence-electron chi connectivity index (χ0n) is 13.6. The van der Waals surface area contributed by atoms with Crippen molar-refractivity contribution in [3.8, 4) is 0 Å². The molecule has 0 aromatic rings. The molecule has 120 valence electrons. The number of carbonyl (C=O) groups is 1. The van der Waals surface area contributed by atoms with Crippen LogP contribution in [0.25, 0.3) is 0 Å². The largest absolute Gasteiger partial charge is 0.459 e. The van der Waals surface area contributed by atoms with Crippen LogP contribution in [-0.4, -0.2) is 62.3 Å². The summed E-state index contributed by atoms with van der Waals surface area (Å²) in [5.74, 6) is 0.506. The monoisotopic (exact) mass is 297 g/mol. The molecule has 6 nitrogen and oxygen atoms in total. The number of rotatable bonds is 2. The van der Waals surface area contributed by atoms with Gasteiger partial charge in [-0.2, -0.15) is 0 Å². The Balaban J connectivity index is 1.83. The van der Waals surface area contributed by atoms with E-state index < -0.39 is 5.60 Å². The Labute approximate surface area is 126 Å². The van der Waals surface area contributed by atoms with Gasteiger partial charge in [0.2, 0.25) is 0 Å². The third kappa shape index (κ3) is 4.33. The van der Waals surface area contributed by atoms with E-state index in [-0.39, 0.29) is 17.9 Å². The van der Waals surface area contributed by atoms with Crippen molar-refractivity contribution in [2.45, 2.75) is 39.2 Å². The number of nitrogens with one attached hydrogen (secondary N) is 1. The molecule has 0 aromatic heterocycles. The molecule has 2 heterocycles. The van der Waals surface area contributed by atoms with Crippen LogP contribution < -0.4 is 5.32 Å². The second-order valence-corrected chi connectivity index (χ2v) is 6.96. The van der Waals surface area contributed by atoms with E-state index in [0.29, 0.717) is 0 Å². The lowest BCUT2D eigenvalue weighted by Crippen LogP contribution is -2.44. The molecule has 6 heteroatoms. The number of hydrogen-bond donors (Lipinski definition) is 1. The minimum Gasteiger partial charge on any atom is -0.459 e. The number of hydrogen-bond acceptors (Lipinski definition) is 4. The average molecular weight is 297 g/mol. The van der Waals surface area contributed by atoms with Gasteiger partial charge in [-0.1, -0.05) is 0 Å². The van der Waals surface area contributed by atoms with Crippen LogP contribution in [0, 0.1) is 5.41 Å². The van der Waals surface area contributed by atoms with Crippen molar-refractivity contribution in [2.75, 3.05) is 39.9 Å². The lowest BCUT2D eigenvalue weighted by atomic mass is 9.87. The van der Waals surface area contributed by atoms with Crippen LogP contribution in [0.5, 0.6) is 0 Å². The van der Waals surface area contributed by atoms with Crippen LogP contribution in [0.4, 0.5) is 0 Å². The van der Waals surface area contributed by atoms with Crippen LogP contribution in [0.15, 0.2) is 4.99 Å². The molecule has 0 aliphatic carbocycles. The zero-order valence-corrected chi connectivity index (χ0v) is 13.6. The Bertz CT molecular complexity index is 409. The molecule has 21 heavy (non-hydrogen) atoms. The SMILES string of the molecule is CN=C(NCC(=O)OC(C)(C)C)N1CCC2(CCOC2)C1. The quantitative estimate of drug-likeness (QED) is 0.468. The summed E-state index contributed by atoms with van der Waals surface area (Å²) >= 11 is 0. The first kappa shape index (κ1) is 16.1. The fourth-order valence-electron chi connectivity index (χ4n) is 2.95. The standard InChI is InChI=1S/C15H27N3O3/c1-14(2,3)21-12(19)9-17-13(16-4)18-7-5-15(10-18)6-8-20-11-15/h5-11H2,1-4H3,(H,16,17). The minimum absolute atomic E-state index is 0.143. The third-order valence-electron chi connectivity index (χ3n) is 3.95. The van der Waals surface area contributed by atoms with E-state index in [0.717, 1.165) is 45.1 Å². The molecular formula is C15H27N3O3. The van der Waals surface area contributed by atoms with Gasteiger partial charge in [-0.15, -0.1) is 0 Å². The third-order valence-corrected chi connectivity index (χ3v) is 3.95. The van der Waals surface area contributed by atoms with E-state index in [1.807, 2.05) is 20.8 Å². The van der Waals surface area contributed by atoms with Gasteiger partial charge in [0.25, 0.3) is 0 Å². The van der Waals surface area contributed by atoms with E-state index in [4.69, 9.17) is 9.47 Å². The molecule has 1 N–H and O–H groups in total. The van der Waals surface area contributed by atoms with Crippen molar-refractivity contribution in [1.29, 1.82) is 0 Å². The normalized spacial score (nSPS) is 26.5. The second-order valence-electron chi connectivity index (χ2n) is 6.96. The Hall–Kier alpha value is -1.30. The van der Waals surface area contributed by atoms with Gasteiger partial charge < -0.3 is 19.7 Å². The van der Waals surface area contributed by atoms with Crippen LogP contribution in [-0.2, 0) is 14.3 Å². The molecule has 1 unspecified atom stereocenters. The molecule has 0 aromatic carbocycles. The summed E-state index contributed by atoms with van der Waals surface area (Å²) in [6.07, 6.45) is 2.24. The van der Waals surface area contributed by atoms with Crippen LogP contribution in [0.3, 0.4) is 0 Å². The highest BCUT2D eigenvalue weighted by Crippen LogP contribution is 2.38. The highest BCUT2D eigenvalue weighted by molar-refractivity contribution is 5.84. The van der Waals surface area contributed by atoms with Gasteiger partial charge in [-0.05, 0) is 33.6 Å². The molecule has 2 aliphatic rings. The molecule has 2 aliphatic heterocycles. The smallest absolute Gasteiger partial charge is 0.325 e. The second kappa shape index (κ2) is 6.22. The molecule has 1 atom stereocenters. The molecule has 0 saturated carbocycles. The Kier molecular flexibility index (Phi) is 4.76. The van der Waals surface area contributed by atoms with E-state index in [1.54, 1.807) is 7.05 Å². The predicted molar refractivity (Wildman–Crippen MR) is 81.3 cm³/mol. The summed E-state index contributed by atoms with van der Waals surface area (Å²) in [5, 5.41) is 3.10. The highest BCUT2D eigenvalue weighted by Gasteiger charge is 2.42. The van der Waals surface area contributed by atoms with E-state index in [1.165, 1.54) is 0 Å². The number of guanidine groups is 1. The van der Waals surface area contributed by atoms with E-state index >= 15 is 0 Å². The summed E-state index contributed by atoms with van der Waals surface area (Å²) < 4.78 is 10.8.